The molecule has 2 aromatic carbocycles. The zero-order chi connectivity index (χ0) is 18.8. The molecule has 1 saturated carbocycles. The first-order valence-electron chi connectivity index (χ1n) is 9.44. The summed E-state index contributed by atoms with van der Waals surface area (Å²) in [7, 11) is 0. The second-order valence-electron chi connectivity index (χ2n) is 7.29. The first-order chi connectivity index (χ1) is 13.2. The fourth-order valence-corrected chi connectivity index (χ4v) is 4.08. The van der Waals surface area contributed by atoms with E-state index >= 15 is 0 Å². The van der Waals surface area contributed by atoms with Gasteiger partial charge in [0.2, 0.25) is 11.8 Å². The van der Waals surface area contributed by atoms with Crippen LogP contribution in [0.5, 0.6) is 0 Å². The molecule has 0 spiro atoms. The van der Waals surface area contributed by atoms with Gasteiger partial charge in [-0.15, -0.1) is 11.8 Å². The molecule has 0 radical (unpaired) electrons. The van der Waals surface area contributed by atoms with Crippen molar-refractivity contribution in [3.8, 4) is 0 Å². The Morgan fingerprint density at radius 2 is 1.81 bits per heavy atom. The van der Waals surface area contributed by atoms with E-state index in [1.807, 2.05) is 53.6 Å². The Bertz CT molecular complexity index is 818. The molecule has 1 aliphatic heterocycles. The minimum atomic E-state index is -0.248. The van der Waals surface area contributed by atoms with E-state index in [4.69, 9.17) is 0 Å². The molecule has 1 saturated heterocycles. The Kier molecular flexibility index (Phi) is 5.21. The lowest BCUT2D eigenvalue weighted by Gasteiger charge is -2.26. The quantitative estimate of drug-likeness (QED) is 0.713. The van der Waals surface area contributed by atoms with E-state index in [0.29, 0.717) is 25.6 Å². The Morgan fingerprint density at radius 1 is 1.11 bits per heavy atom. The minimum absolute atomic E-state index is 0.0423. The van der Waals surface area contributed by atoms with Crippen LogP contribution in [0.4, 0.5) is 5.69 Å². The van der Waals surface area contributed by atoms with Gasteiger partial charge in [-0.05, 0) is 48.9 Å². The summed E-state index contributed by atoms with van der Waals surface area (Å²) in [6, 6.07) is 18.4. The van der Waals surface area contributed by atoms with Gasteiger partial charge in [-0.25, -0.2) is 0 Å². The molecular weight excluding hydrogens is 356 g/mol. The van der Waals surface area contributed by atoms with Gasteiger partial charge < -0.3 is 9.80 Å². The summed E-state index contributed by atoms with van der Waals surface area (Å²) in [5.41, 5.74) is 2.03. The lowest BCUT2D eigenvalue weighted by atomic mass is 10.1. The first-order valence-corrected chi connectivity index (χ1v) is 10.7. The largest absolute Gasteiger partial charge is 0.335 e. The van der Waals surface area contributed by atoms with Crippen molar-refractivity contribution in [2.45, 2.75) is 36.7 Å². The van der Waals surface area contributed by atoms with E-state index in [-0.39, 0.29) is 17.7 Å². The summed E-state index contributed by atoms with van der Waals surface area (Å²) >= 11 is 1.68. The van der Waals surface area contributed by atoms with Gasteiger partial charge in [0.25, 0.3) is 0 Å². The number of hydrogen-bond donors (Lipinski definition) is 0. The Balaban J connectivity index is 1.47. The van der Waals surface area contributed by atoms with Gasteiger partial charge in [0.05, 0.1) is 5.92 Å². The van der Waals surface area contributed by atoms with Crippen molar-refractivity contribution in [1.29, 1.82) is 0 Å². The molecule has 4 nitrogen and oxygen atoms in total. The van der Waals surface area contributed by atoms with Gasteiger partial charge in [-0.2, -0.15) is 0 Å². The van der Waals surface area contributed by atoms with Crippen LogP contribution in [-0.2, 0) is 16.1 Å². The average molecular weight is 381 g/mol. The highest BCUT2D eigenvalue weighted by molar-refractivity contribution is 7.98. The van der Waals surface area contributed by atoms with Gasteiger partial charge in [0, 0.05) is 36.1 Å². The van der Waals surface area contributed by atoms with Crippen LogP contribution >= 0.6 is 11.8 Å². The van der Waals surface area contributed by atoms with Crippen molar-refractivity contribution in [3.63, 3.8) is 0 Å². The number of benzene rings is 2. The third kappa shape index (κ3) is 4.03. The molecule has 5 heteroatoms. The van der Waals surface area contributed by atoms with Crippen molar-refractivity contribution < 1.29 is 9.59 Å². The zero-order valence-corrected chi connectivity index (χ0v) is 16.3. The third-order valence-corrected chi connectivity index (χ3v) is 6.07. The second-order valence-corrected chi connectivity index (χ2v) is 8.17. The van der Waals surface area contributed by atoms with E-state index in [2.05, 4.69) is 12.1 Å². The Labute approximate surface area is 164 Å². The summed E-state index contributed by atoms with van der Waals surface area (Å²) in [6.45, 7) is 1.12. The molecule has 1 aliphatic carbocycles. The van der Waals surface area contributed by atoms with Crippen LogP contribution < -0.4 is 4.90 Å². The summed E-state index contributed by atoms with van der Waals surface area (Å²) < 4.78 is 0. The molecule has 140 valence electrons. The number of anilines is 1. The molecule has 1 heterocycles. The van der Waals surface area contributed by atoms with E-state index in [1.165, 1.54) is 4.90 Å². The van der Waals surface area contributed by atoms with Crippen LogP contribution in [-0.4, -0.2) is 35.6 Å². The monoisotopic (exact) mass is 380 g/mol. The van der Waals surface area contributed by atoms with Crippen LogP contribution in [0.15, 0.2) is 59.5 Å². The lowest BCUT2D eigenvalue weighted by Crippen LogP contribution is -2.38. The summed E-state index contributed by atoms with van der Waals surface area (Å²) in [6.07, 6.45) is 4.48. The van der Waals surface area contributed by atoms with E-state index in [9.17, 15) is 9.59 Å². The Morgan fingerprint density at radius 3 is 2.44 bits per heavy atom. The van der Waals surface area contributed by atoms with Crippen molar-refractivity contribution in [2.75, 3.05) is 17.7 Å². The molecule has 0 bridgehead atoms. The maximum absolute atomic E-state index is 13.2. The van der Waals surface area contributed by atoms with Crippen molar-refractivity contribution in [3.05, 3.63) is 60.2 Å². The first kappa shape index (κ1) is 18.1. The number of carbonyl (C=O) groups is 2. The van der Waals surface area contributed by atoms with Crippen molar-refractivity contribution in [2.24, 2.45) is 5.92 Å². The number of nitrogens with zero attached hydrogens (tertiary/aromatic N) is 2. The van der Waals surface area contributed by atoms with Crippen LogP contribution in [0.25, 0.3) is 0 Å². The average Bonchev–Trinajstić information content (AvgIpc) is 3.48. The SMILES string of the molecule is CSc1ccc(N2C[C@H](C(=O)N(Cc3ccccc3)C3CC3)CC2=O)cc1. The molecule has 2 fully saturated rings. The molecule has 27 heavy (non-hydrogen) atoms. The lowest BCUT2D eigenvalue weighted by molar-refractivity contribution is -0.137. The van der Waals surface area contributed by atoms with Crippen molar-refractivity contribution >= 4 is 29.3 Å². The van der Waals surface area contributed by atoms with E-state index < -0.39 is 0 Å². The summed E-state index contributed by atoms with van der Waals surface area (Å²) in [5, 5.41) is 0. The number of amides is 2. The van der Waals surface area contributed by atoms with Gasteiger partial charge >= 0.3 is 0 Å². The fourth-order valence-electron chi connectivity index (χ4n) is 3.67. The van der Waals surface area contributed by atoms with Crippen molar-refractivity contribution in [1.82, 2.24) is 4.90 Å². The summed E-state index contributed by atoms with van der Waals surface area (Å²) in [4.78, 5) is 30.7. The molecule has 2 aromatic rings. The predicted octanol–water partition coefficient (Wildman–Crippen LogP) is 3.95. The fraction of sp³-hybridized carbons (Fsp3) is 0.364. The maximum atomic E-state index is 13.2. The number of carbonyl (C=O) groups excluding carboxylic acids is 2. The standard InChI is InChI=1S/C22H24N2O2S/c1-27-20-11-9-18(10-12-20)23-15-17(13-21(23)25)22(26)24(19-7-8-19)14-16-5-3-2-4-6-16/h2-6,9-12,17,19H,7-8,13-15H2,1H3/t17-/m1/s1. The molecule has 1 atom stereocenters. The summed E-state index contributed by atoms with van der Waals surface area (Å²) in [5.74, 6) is -0.0827. The van der Waals surface area contributed by atoms with Crippen LogP contribution in [0.2, 0.25) is 0 Å². The van der Waals surface area contributed by atoms with Gasteiger partial charge in [-0.3, -0.25) is 9.59 Å². The number of hydrogen-bond acceptors (Lipinski definition) is 3. The van der Waals surface area contributed by atoms with Crippen LogP contribution in [0.1, 0.15) is 24.8 Å². The molecule has 0 aromatic heterocycles. The zero-order valence-electron chi connectivity index (χ0n) is 15.5. The van der Waals surface area contributed by atoms with Gasteiger partial charge in [0.15, 0.2) is 0 Å². The van der Waals surface area contributed by atoms with Gasteiger partial charge in [-0.1, -0.05) is 30.3 Å². The molecular formula is C22H24N2O2S. The van der Waals surface area contributed by atoms with Crippen LogP contribution in [0, 0.1) is 5.92 Å². The minimum Gasteiger partial charge on any atom is -0.335 e. The highest BCUT2D eigenvalue weighted by atomic mass is 32.2. The normalized spacial score (nSPS) is 19.4. The van der Waals surface area contributed by atoms with E-state index in [1.54, 1.807) is 16.7 Å². The smallest absolute Gasteiger partial charge is 0.228 e. The number of thioether (sulfide) groups is 1. The highest BCUT2D eigenvalue weighted by Crippen LogP contribution is 2.33. The maximum Gasteiger partial charge on any atom is 0.228 e. The predicted molar refractivity (Wildman–Crippen MR) is 109 cm³/mol. The molecule has 2 aliphatic rings. The Hall–Kier alpha value is -2.27. The molecule has 4 rings (SSSR count). The molecule has 2 amide bonds. The molecule has 0 unspecified atom stereocenters. The molecule has 0 N–H and O–H groups in total. The third-order valence-electron chi connectivity index (χ3n) is 5.32. The topological polar surface area (TPSA) is 40.6 Å². The number of rotatable bonds is 6. The van der Waals surface area contributed by atoms with Gasteiger partial charge in [0.1, 0.15) is 0 Å². The van der Waals surface area contributed by atoms with E-state index in [0.717, 1.165) is 24.1 Å². The second kappa shape index (κ2) is 7.77. The highest BCUT2D eigenvalue weighted by Gasteiger charge is 2.41. The van der Waals surface area contributed by atoms with Crippen LogP contribution in [0.3, 0.4) is 0 Å².